The first-order valence-electron chi connectivity index (χ1n) is 9.71. The van der Waals surface area contributed by atoms with E-state index in [2.05, 4.69) is 15.0 Å². The summed E-state index contributed by atoms with van der Waals surface area (Å²) < 4.78 is 0. The third-order valence-corrected chi connectivity index (χ3v) is 5.50. The van der Waals surface area contributed by atoms with Crippen molar-refractivity contribution in [3.63, 3.8) is 0 Å². The van der Waals surface area contributed by atoms with E-state index in [1.54, 1.807) is 18.3 Å². The van der Waals surface area contributed by atoms with E-state index in [1.807, 2.05) is 37.3 Å². The summed E-state index contributed by atoms with van der Waals surface area (Å²) in [4.78, 5) is 33.6. The molecule has 1 unspecified atom stereocenters. The molecule has 0 bridgehead atoms. The van der Waals surface area contributed by atoms with Crippen LogP contribution in [0.5, 0.6) is 0 Å². The van der Waals surface area contributed by atoms with Crippen LogP contribution in [0.2, 0.25) is 0 Å². The number of aryl methyl sites for hydroxylation is 1. The van der Waals surface area contributed by atoms with Crippen molar-refractivity contribution in [1.82, 2.24) is 4.98 Å². The number of aromatic amines is 1. The van der Waals surface area contributed by atoms with Crippen molar-refractivity contribution in [2.24, 2.45) is 5.11 Å². The van der Waals surface area contributed by atoms with E-state index in [1.165, 1.54) is 4.90 Å². The maximum atomic E-state index is 13.2. The summed E-state index contributed by atoms with van der Waals surface area (Å²) in [5.74, 6) is -0.844. The predicted octanol–water partition coefficient (Wildman–Crippen LogP) is 3.98. The van der Waals surface area contributed by atoms with E-state index >= 15 is 0 Å². The fourth-order valence-electron chi connectivity index (χ4n) is 4.03. The van der Waals surface area contributed by atoms with Crippen LogP contribution in [0.4, 0.5) is 5.69 Å². The van der Waals surface area contributed by atoms with Crippen LogP contribution in [0.3, 0.4) is 0 Å². The molecule has 0 fully saturated rings. The van der Waals surface area contributed by atoms with Gasteiger partial charge in [-0.3, -0.25) is 9.59 Å². The Balaban J connectivity index is 1.67. The van der Waals surface area contributed by atoms with E-state index < -0.39 is 11.5 Å². The van der Waals surface area contributed by atoms with Crippen LogP contribution in [0.1, 0.15) is 34.3 Å². The zero-order chi connectivity index (χ0) is 21.3. The van der Waals surface area contributed by atoms with E-state index in [4.69, 9.17) is 5.53 Å². The number of ketones is 1. The third kappa shape index (κ3) is 3.22. The number of nitrogens with zero attached hydrogens (tertiary/aromatic N) is 4. The highest BCUT2D eigenvalue weighted by Gasteiger charge is 2.50. The molecule has 8 nitrogen and oxygen atoms in total. The molecule has 1 atom stereocenters. The lowest BCUT2D eigenvalue weighted by atomic mass is 9.87. The molecular weight excluding hydrogens is 382 g/mol. The van der Waals surface area contributed by atoms with Crippen LogP contribution in [0.15, 0.2) is 53.8 Å². The summed E-state index contributed by atoms with van der Waals surface area (Å²) >= 11 is 0. The number of aromatic nitrogens is 1. The van der Waals surface area contributed by atoms with Crippen molar-refractivity contribution in [2.75, 3.05) is 18.0 Å². The highest BCUT2D eigenvalue weighted by atomic mass is 16.3. The molecule has 1 aliphatic heterocycles. The highest BCUT2D eigenvalue weighted by molar-refractivity contribution is 6.13. The summed E-state index contributed by atoms with van der Waals surface area (Å²) in [5.41, 5.74) is 9.68. The van der Waals surface area contributed by atoms with Crippen molar-refractivity contribution in [3.05, 3.63) is 75.8 Å². The summed E-state index contributed by atoms with van der Waals surface area (Å²) in [5, 5.41) is 15.7. The molecule has 8 heteroatoms. The molecule has 152 valence electrons. The predicted molar refractivity (Wildman–Crippen MR) is 113 cm³/mol. The van der Waals surface area contributed by atoms with Gasteiger partial charge in [-0.15, -0.1) is 0 Å². The molecule has 1 aliphatic rings. The summed E-state index contributed by atoms with van der Waals surface area (Å²) in [6, 6.07) is 12.8. The zero-order valence-corrected chi connectivity index (χ0v) is 16.5. The van der Waals surface area contributed by atoms with Crippen LogP contribution >= 0.6 is 0 Å². The van der Waals surface area contributed by atoms with Crippen molar-refractivity contribution >= 4 is 28.3 Å². The first-order valence-corrected chi connectivity index (χ1v) is 9.71. The number of azide groups is 1. The fraction of sp³-hybridized carbons (Fsp3) is 0.273. The van der Waals surface area contributed by atoms with Crippen LogP contribution in [0.25, 0.3) is 21.3 Å². The van der Waals surface area contributed by atoms with Gasteiger partial charge >= 0.3 is 0 Å². The Labute approximate surface area is 172 Å². The van der Waals surface area contributed by atoms with Crippen molar-refractivity contribution in [2.45, 2.75) is 25.4 Å². The van der Waals surface area contributed by atoms with Crippen LogP contribution in [0, 0.1) is 6.92 Å². The first-order chi connectivity index (χ1) is 14.5. The number of anilines is 1. The number of nitrogens with one attached hydrogen (secondary N) is 1. The van der Waals surface area contributed by atoms with Crippen LogP contribution in [-0.4, -0.2) is 34.9 Å². The molecule has 4 rings (SSSR count). The van der Waals surface area contributed by atoms with Crippen molar-refractivity contribution in [1.29, 1.82) is 0 Å². The summed E-state index contributed by atoms with van der Waals surface area (Å²) in [6.45, 7) is 2.41. The average molecular weight is 403 g/mol. The molecule has 0 spiro atoms. The normalized spacial score (nSPS) is 17.8. The number of carbonyl (C=O) groups excluding carboxylic acids is 2. The van der Waals surface area contributed by atoms with E-state index in [-0.39, 0.29) is 25.3 Å². The number of para-hydroxylation sites is 1. The maximum absolute atomic E-state index is 13.2. The minimum absolute atomic E-state index is 0.244. The highest BCUT2D eigenvalue weighted by Crippen LogP contribution is 2.43. The lowest BCUT2D eigenvalue weighted by Crippen LogP contribution is -2.42. The molecule has 3 aromatic rings. The molecular formula is C22H21N5O3. The maximum Gasteiger partial charge on any atom is 0.264 e. The van der Waals surface area contributed by atoms with Gasteiger partial charge < -0.3 is 15.0 Å². The second-order valence-corrected chi connectivity index (χ2v) is 7.49. The third-order valence-electron chi connectivity index (χ3n) is 5.50. The number of aliphatic hydroxyl groups is 1. The number of fused-ring (bicyclic) bond motifs is 2. The molecule has 2 N–H and O–H groups in total. The first kappa shape index (κ1) is 19.7. The average Bonchev–Trinajstić information content (AvgIpc) is 3.25. The second kappa shape index (κ2) is 7.67. The van der Waals surface area contributed by atoms with Gasteiger partial charge in [0.1, 0.15) is 0 Å². The van der Waals surface area contributed by atoms with Crippen LogP contribution in [-0.2, 0) is 10.4 Å². The van der Waals surface area contributed by atoms with Gasteiger partial charge in [-0.2, -0.15) is 0 Å². The Morgan fingerprint density at radius 3 is 2.90 bits per heavy atom. The number of Topliss-reactive ketones (excluding diaryl/α,β-unsaturated/α-hetero) is 1. The topological polar surface area (TPSA) is 122 Å². The molecule has 0 aliphatic carbocycles. The van der Waals surface area contributed by atoms with Gasteiger partial charge in [-0.05, 0) is 31.0 Å². The largest absolute Gasteiger partial charge is 0.375 e. The van der Waals surface area contributed by atoms with Gasteiger partial charge in [0.2, 0.25) is 0 Å². The summed E-state index contributed by atoms with van der Waals surface area (Å²) in [6.07, 6.45) is 1.72. The number of rotatable bonds is 7. The van der Waals surface area contributed by atoms with Crippen molar-refractivity contribution in [3.8, 4) is 0 Å². The standard InChI is InChI=1S/C22H21N5O3/c1-14-7-8-19-17(11-14)22(30,21(29)27(19)10-4-9-25-26-23)12-20(28)16-13-24-18-6-3-2-5-15(16)18/h2-3,5-8,11,13,24,30H,4,9-10,12H2,1H3. The molecule has 1 aromatic heterocycles. The molecule has 1 amide bonds. The monoisotopic (exact) mass is 403 g/mol. The fourth-order valence-corrected chi connectivity index (χ4v) is 4.03. The minimum atomic E-state index is -1.94. The molecule has 30 heavy (non-hydrogen) atoms. The number of hydrogen-bond donors (Lipinski definition) is 2. The van der Waals surface area contributed by atoms with E-state index in [9.17, 15) is 14.7 Å². The Morgan fingerprint density at radius 1 is 1.30 bits per heavy atom. The quantitative estimate of drug-likeness (QED) is 0.204. The number of hydrogen-bond acceptors (Lipinski definition) is 4. The second-order valence-electron chi connectivity index (χ2n) is 7.49. The number of amides is 1. The van der Waals surface area contributed by atoms with E-state index in [0.29, 0.717) is 23.2 Å². The Kier molecular flexibility index (Phi) is 5.03. The molecule has 0 saturated heterocycles. The van der Waals surface area contributed by atoms with Gasteiger partial charge in [-0.1, -0.05) is 41.0 Å². The van der Waals surface area contributed by atoms with E-state index in [0.717, 1.165) is 16.5 Å². The number of carbonyl (C=O) groups is 2. The molecule has 2 aromatic carbocycles. The van der Waals surface area contributed by atoms with Gasteiger partial charge in [0.05, 0.1) is 12.1 Å². The zero-order valence-electron chi connectivity index (χ0n) is 16.5. The SMILES string of the molecule is Cc1ccc2c(c1)C(O)(CC(=O)c1c[nH]c3ccccc13)C(=O)N2CCCN=[N+]=[N-]. The van der Waals surface area contributed by atoms with Gasteiger partial charge in [-0.25, -0.2) is 0 Å². The van der Waals surface area contributed by atoms with Gasteiger partial charge in [0.25, 0.3) is 5.91 Å². The summed E-state index contributed by atoms with van der Waals surface area (Å²) in [7, 11) is 0. The van der Waals surface area contributed by atoms with Crippen molar-refractivity contribution < 1.29 is 14.7 Å². The smallest absolute Gasteiger partial charge is 0.264 e. The lowest BCUT2D eigenvalue weighted by molar-refractivity contribution is -0.135. The van der Waals surface area contributed by atoms with Crippen LogP contribution < -0.4 is 4.90 Å². The lowest BCUT2D eigenvalue weighted by Gasteiger charge is -2.22. The Morgan fingerprint density at radius 2 is 2.10 bits per heavy atom. The number of benzene rings is 2. The minimum Gasteiger partial charge on any atom is -0.375 e. The molecule has 0 radical (unpaired) electrons. The molecule has 2 heterocycles. The number of H-pyrrole nitrogens is 1. The van der Waals surface area contributed by atoms with Gasteiger partial charge in [0, 0.05) is 46.2 Å². The Bertz CT molecular complexity index is 1190. The van der Waals surface area contributed by atoms with Gasteiger partial charge in [0.15, 0.2) is 11.4 Å². The Hall–Kier alpha value is -3.61. The molecule has 0 saturated carbocycles.